The molecule has 0 atom stereocenters. The number of ether oxygens (including phenoxy) is 1. The molecule has 1 aliphatic rings. The summed E-state index contributed by atoms with van der Waals surface area (Å²) in [6, 6.07) is 14.0. The molecule has 10 nitrogen and oxygen atoms in total. The Bertz CT molecular complexity index is 1560. The first-order valence-corrected chi connectivity index (χ1v) is 12.5. The van der Waals surface area contributed by atoms with E-state index in [0.29, 0.717) is 29.1 Å². The number of hydrogen-bond donors (Lipinski definition) is 2. The Labute approximate surface area is 213 Å². The molecule has 1 saturated heterocycles. The van der Waals surface area contributed by atoms with E-state index in [2.05, 4.69) is 62.8 Å². The Morgan fingerprint density at radius 1 is 1.14 bits per heavy atom. The van der Waals surface area contributed by atoms with Gasteiger partial charge in [0.2, 0.25) is 0 Å². The lowest BCUT2D eigenvalue weighted by molar-refractivity contribution is 0.0662. The fourth-order valence-corrected chi connectivity index (χ4v) is 4.68. The number of benzene rings is 1. The zero-order chi connectivity index (χ0) is 25.4. The minimum Gasteiger partial charge on any atom is -0.381 e. The largest absolute Gasteiger partial charge is 0.381 e. The molecule has 4 aromatic heterocycles. The van der Waals surface area contributed by atoms with Gasteiger partial charge in [0, 0.05) is 41.9 Å². The highest BCUT2D eigenvalue weighted by atomic mass is 16.5. The van der Waals surface area contributed by atoms with E-state index in [4.69, 9.17) is 4.74 Å². The summed E-state index contributed by atoms with van der Waals surface area (Å²) in [5, 5.41) is 16.6. The number of nitrogens with zero attached hydrogens (tertiary/aromatic N) is 6. The van der Waals surface area contributed by atoms with Gasteiger partial charge in [-0.25, -0.2) is 4.98 Å². The van der Waals surface area contributed by atoms with E-state index in [0.717, 1.165) is 48.1 Å². The molecule has 2 N–H and O–H groups in total. The molecule has 10 heteroatoms. The maximum absolute atomic E-state index is 13.1. The van der Waals surface area contributed by atoms with Gasteiger partial charge in [-0.05, 0) is 56.5 Å². The highest BCUT2D eigenvalue weighted by molar-refractivity contribution is 6.05. The van der Waals surface area contributed by atoms with Crippen LogP contribution in [0.2, 0.25) is 0 Å². The molecule has 1 aliphatic heterocycles. The Morgan fingerprint density at radius 2 is 2.00 bits per heavy atom. The Kier molecular flexibility index (Phi) is 6.01. The van der Waals surface area contributed by atoms with Gasteiger partial charge in [-0.2, -0.15) is 5.10 Å². The molecule has 0 unspecified atom stereocenters. The lowest BCUT2D eigenvalue weighted by Crippen LogP contribution is -2.19. The van der Waals surface area contributed by atoms with Crippen LogP contribution >= 0.6 is 0 Å². The van der Waals surface area contributed by atoms with Crippen molar-refractivity contribution in [2.45, 2.75) is 38.8 Å². The SMILES string of the molecule is CC(C)n1cnnc1-c1cccc(NC(=O)c2cc3ccc(-c4cnn(C5CCOCC5)c4)cc3[nH]2)n1. The number of carbonyl (C=O) groups is 1. The normalized spacial score (nSPS) is 14.5. The van der Waals surface area contributed by atoms with Crippen LogP contribution in [-0.4, -0.2) is 53.6 Å². The Balaban J connectivity index is 1.21. The van der Waals surface area contributed by atoms with Gasteiger partial charge >= 0.3 is 0 Å². The maximum atomic E-state index is 13.1. The summed E-state index contributed by atoms with van der Waals surface area (Å²) in [6.07, 6.45) is 7.62. The third-order valence-corrected chi connectivity index (χ3v) is 6.72. The topological polar surface area (TPSA) is 116 Å². The molecule has 1 aromatic carbocycles. The number of nitrogens with one attached hydrogen (secondary N) is 2. The number of fused-ring (bicyclic) bond motifs is 1. The summed E-state index contributed by atoms with van der Waals surface area (Å²) in [5.74, 6) is 0.838. The zero-order valence-electron chi connectivity index (χ0n) is 20.8. The van der Waals surface area contributed by atoms with Crippen LogP contribution in [0.4, 0.5) is 5.82 Å². The van der Waals surface area contributed by atoms with E-state index in [9.17, 15) is 4.79 Å². The van der Waals surface area contributed by atoms with Crippen molar-refractivity contribution in [3.8, 4) is 22.6 Å². The van der Waals surface area contributed by atoms with Gasteiger partial charge in [0.05, 0.1) is 12.2 Å². The van der Waals surface area contributed by atoms with Gasteiger partial charge in [0.15, 0.2) is 5.82 Å². The van der Waals surface area contributed by atoms with Crippen molar-refractivity contribution in [1.82, 2.24) is 34.5 Å². The molecule has 0 radical (unpaired) electrons. The van der Waals surface area contributed by atoms with Crippen LogP contribution in [0.25, 0.3) is 33.5 Å². The van der Waals surface area contributed by atoms with Crippen molar-refractivity contribution in [3.05, 3.63) is 66.9 Å². The highest BCUT2D eigenvalue weighted by Gasteiger charge is 2.18. The van der Waals surface area contributed by atoms with E-state index in [1.807, 2.05) is 39.7 Å². The summed E-state index contributed by atoms with van der Waals surface area (Å²) in [7, 11) is 0. The van der Waals surface area contributed by atoms with Crippen LogP contribution in [0.3, 0.4) is 0 Å². The molecule has 0 aliphatic carbocycles. The van der Waals surface area contributed by atoms with Crippen LogP contribution in [0.5, 0.6) is 0 Å². The number of anilines is 1. The quantitative estimate of drug-likeness (QED) is 0.347. The van der Waals surface area contributed by atoms with E-state index in [-0.39, 0.29) is 11.9 Å². The maximum Gasteiger partial charge on any atom is 0.273 e. The molecule has 0 bridgehead atoms. The summed E-state index contributed by atoms with van der Waals surface area (Å²) in [5.41, 5.74) is 4.08. The van der Waals surface area contributed by atoms with Crippen LogP contribution in [0.15, 0.2) is 61.2 Å². The summed E-state index contributed by atoms with van der Waals surface area (Å²) < 4.78 is 9.45. The van der Waals surface area contributed by atoms with Gasteiger partial charge in [-0.15, -0.1) is 10.2 Å². The van der Waals surface area contributed by atoms with Crippen molar-refractivity contribution in [2.75, 3.05) is 18.5 Å². The molecule has 1 amide bonds. The first-order chi connectivity index (χ1) is 18.0. The van der Waals surface area contributed by atoms with Crippen molar-refractivity contribution in [2.24, 2.45) is 0 Å². The molecule has 5 heterocycles. The Hall–Kier alpha value is -4.31. The van der Waals surface area contributed by atoms with Crippen molar-refractivity contribution in [1.29, 1.82) is 0 Å². The molecule has 1 fully saturated rings. The molecule has 5 aromatic rings. The minimum atomic E-state index is -0.264. The lowest BCUT2D eigenvalue weighted by atomic mass is 10.1. The number of aromatic amines is 1. The molecule has 6 rings (SSSR count). The second kappa shape index (κ2) is 9.62. The molecule has 0 spiro atoms. The van der Waals surface area contributed by atoms with Gasteiger partial charge in [-0.1, -0.05) is 18.2 Å². The van der Waals surface area contributed by atoms with E-state index < -0.39 is 0 Å². The summed E-state index contributed by atoms with van der Waals surface area (Å²) >= 11 is 0. The number of carbonyl (C=O) groups excluding carboxylic acids is 1. The molecule has 37 heavy (non-hydrogen) atoms. The summed E-state index contributed by atoms with van der Waals surface area (Å²) in [4.78, 5) is 20.9. The molecule has 0 saturated carbocycles. The fourth-order valence-electron chi connectivity index (χ4n) is 4.68. The standard InChI is InChI=1S/C27H28N8O2/c1-17(2)34-16-28-33-26(34)22-4-3-5-25(31-22)32-27(36)24-13-19-7-6-18(12-23(19)30-24)20-14-29-35(15-20)21-8-10-37-11-9-21/h3-7,12-17,21,30H,8-11H2,1-2H3,(H,31,32,36). The number of rotatable bonds is 6. The van der Waals surface area contributed by atoms with E-state index in [1.165, 1.54) is 0 Å². The number of aromatic nitrogens is 7. The Morgan fingerprint density at radius 3 is 2.84 bits per heavy atom. The van der Waals surface area contributed by atoms with Crippen LogP contribution in [-0.2, 0) is 4.74 Å². The lowest BCUT2D eigenvalue weighted by Gasteiger charge is -2.22. The minimum absolute atomic E-state index is 0.192. The third kappa shape index (κ3) is 4.63. The average molecular weight is 497 g/mol. The van der Waals surface area contributed by atoms with Crippen molar-refractivity contribution in [3.63, 3.8) is 0 Å². The van der Waals surface area contributed by atoms with E-state index in [1.54, 1.807) is 12.4 Å². The molecule has 188 valence electrons. The second-order valence-electron chi connectivity index (χ2n) is 9.56. The smallest absolute Gasteiger partial charge is 0.273 e. The van der Waals surface area contributed by atoms with Gasteiger partial charge in [0.25, 0.3) is 5.91 Å². The number of pyridine rings is 1. The van der Waals surface area contributed by atoms with Crippen molar-refractivity contribution < 1.29 is 9.53 Å². The highest BCUT2D eigenvalue weighted by Crippen LogP contribution is 2.28. The zero-order valence-corrected chi connectivity index (χ0v) is 20.8. The predicted octanol–water partition coefficient (Wildman–Crippen LogP) is 4.87. The van der Waals surface area contributed by atoms with Crippen molar-refractivity contribution >= 4 is 22.6 Å². The van der Waals surface area contributed by atoms with Gasteiger partial charge in [-0.3, -0.25) is 9.48 Å². The van der Waals surface area contributed by atoms with E-state index >= 15 is 0 Å². The second-order valence-corrected chi connectivity index (χ2v) is 9.56. The summed E-state index contributed by atoms with van der Waals surface area (Å²) in [6.45, 7) is 5.66. The first kappa shape index (κ1) is 23.1. The van der Waals surface area contributed by atoms with Crippen LogP contribution in [0, 0.1) is 0 Å². The number of amides is 1. The number of hydrogen-bond acceptors (Lipinski definition) is 6. The monoisotopic (exact) mass is 496 g/mol. The average Bonchev–Trinajstić information content (AvgIpc) is 3.68. The molecular formula is C27H28N8O2. The number of H-pyrrole nitrogens is 1. The first-order valence-electron chi connectivity index (χ1n) is 12.5. The van der Waals surface area contributed by atoms with Gasteiger partial charge < -0.3 is 19.6 Å². The van der Waals surface area contributed by atoms with Crippen LogP contribution < -0.4 is 5.32 Å². The third-order valence-electron chi connectivity index (χ3n) is 6.72. The van der Waals surface area contributed by atoms with Gasteiger partial charge in [0.1, 0.15) is 23.5 Å². The van der Waals surface area contributed by atoms with Crippen LogP contribution in [0.1, 0.15) is 49.3 Å². The molecular weight excluding hydrogens is 468 g/mol. The predicted molar refractivity (Wildman–Crippen MR) is 140 cm³/mol. The fraction of sp³-hybridized carbons (Fsp3) is 0.296.